The first-order valence-corrected chi connectivity index (χ1v) is 11.2. The van der Waals surface area contributed by atoms with Gasteiger partial charge in [0.2, 0.25) is 5.91 Å². The second kappa shape index (κ2) is 12.4. The molecule has 2 N–H and O–H groups in total. The highest BCUT2D eigenvalue weighted by Crippen LogP contribution is 2.18. The van der Waals surface area contributed by atoms with Gasteiger partial charge in [-0.2, -0.15) is 0 Å². The normalized spacial score (nSPS) is 10.3. The number of nitrogens with one attached hydrogen (secondary N) is 2. The minimum absolute atomic E-state index is 0.129. The van der Waals surface area contributed by atoms with E-state index in [-0.39, 0.29) is 30.7 Å². The molecule has 0 saturated heterocycles. The van der Waals surface area contributed by atoms with Gasteiger partial charge in [-0.3, -0.25) is 9.59 Å². The molecule has 0 heterocycles. The van der Waals surface area contributed by atoms with Crippen molar-refractivity contribution >= 4 is 35.3 Å². The lowest BCUT2D eigenvalue weighted by atomic mass is 10.1. The molecule has 3 aromatic rings. The Labute approximate surface area is 203 Å². The van der Waals surface area contributed by atoms with Crippen molar-refractivity contribution in [1.82, 2.24) is 5.32 Å². The number of hydrogen-bond acceptors (Lipinski definition) is 5. The first-order chi connectivity index (χ1) is 16.4. The Morgan fingerprint density at radius 1 is 0.941 bits per heavy atom. The van der Waals surface area contributed by atoms with Crippen LogP contribution in [0.1, 0.15) is 34.8 Å². The summed E-state index contributed by atoms with van der Waals surface area (Å²) in [6.45, 7) is 2.12. The molecule has 34 heavy (non-hydrogen) atoms. The Balaban J connectivity index is 1.53. The number of amides is 2. The van der Waals surface area contributed by atoms with Crippen LogP contribution in [0.25, 0.3) is 0 Å². The molecule has 7 nitrogen and oxygen atoms in total. The van der Waals surface area contributed by atoms with Crippen LogP contribution in [-0.2, 0) is 22.5 Å². The summed E-state index contributed by atoms with van der Waals surface area (Å²) >= 11 is 5.99. The fourth-order valence-electron chi connectivity index (χ4n) is 3.15. The van der Waals surface area contributed by atoms with Crippen LogP contribution in [0, 0.1) is 0 Å². The molecule has 0 aromatic heterocycles. The fourth-order valence-corrected chi connectivity index (χ4v) is 3.37. The Morgan fingerprint density at radius 2 is 1.71 bits per heavy atom. The van der Waals surface area contributed by atoms with Gasteiger partial charge in [0.1, 0.15) is 5.75 Å². The molecule has 0 saturated carbocycles. The molecule has 0 atom stereocenters. The van der Waals surface area contributed by atoms with Crippen molar-refractivity contribution in [1.29, 1.82) is 0 Å². The highest BCUT2D eigenvalue weighted by molar-refractivity contribution is 6.30. The number of hydrogen-bond donors (Lipinski definition) is 2. The highest BCUT2D eigenvalue weighted by atomic mass is 35.5. The third-order valence-electron chi connectivity index (χ3n) is 4.84. The van der Waals surface area contributed by atoms with E-state index in [0.717, 1.165) is 11.1 Å². The number of carbonyl (C=O) groups is 3. The van der Waals surface area contributed by atoms with Crippen LogP contribution in [0.2, 0.25) is 5.02 Å². The van der Waals surface area contributed by atoms with Gasteiger partial charge in [0.15, 0.2) is 0 Å². The number of carbonyl (C=O) groups excluding carboxylic acids is 3. The second-order valence-electron chi connectivity index (χ2n) is 7.33. The van der Waals surface area contributed by atoms with Crippen molar-refractivity contribution in [3.63, 3.8) is 0 Å². The van der Waals surface area contributed by atoms with E-state index in [1.165, 1.54) is 12.1 Å². The molecular weight excluding hydrogens is 456 g/mol. The van der Waals surface area contributed by atoms with E-state index < -0.39 is 6.16 Å². The largest absolute Gasteiger partial charge is 0.513 e. The van der Waals surface area contributed by atoms with Crippen molar-refractivity contribution in [2.24, 2.45) is 0 Å². The SMILES string of the molecule is CCOC(=O)Oc1ccc(C(=O)NCc2ccccc2NC(=O)CCc2cccc(Cl)c2)cc1. The van der Waals surface area contributed by atoms with E-state index in [1.54, 1.807) is 31.2 Å². The summed E-state index contributed by atoms with van der Waals surface area (Å²) in [5.74, 6) is -0.151. The third-order valence-corrected chi connectivity index (χ3v) is 5.08. The van der Waals surface area contributed by atoms with Gasteiger partial charge in [-0.15, -0.1) is 0 Å². The summed E-state index contributed by atoms with van der Waals surface area (Å²) in [6, 6.07) is 20.8. The lowest BCUT2D eigenvalue weighted by Crippen LogP contribution is -2.24. The zero-order chi connectivity index (χ0) is 24.3. The standard InChI is InChI=1S/C26H25ClN2O5/c1-2-33-26(32)34-22-13-11-19(12-14-22)25(31)28-17-20-7-3-4-9-23(20)29-24(30)15-10-18-6-5-8-21(27)16-18/h3-9,11-14,16H,2,10,15,17H2,1H3,(H,28,31)(H,29,30). The van der Waals surface area contributed by atoms with E-state index in [1.807, 2.05) is 36.4 Å². The van der Waals surface area contributed by atoms with Crippen LogP contribution in [0.5, 0.6) is 5.75 Å². The topological polar surface area (TPSA) is 93.7 Å². The van der Waals surface area contributed by atoms with E-state index in [2.05, 4.69) is 10.6 Å². The Hall–Kier alpha value is -3.84. The van der Waals surface area contributed by atoms with Gasteiger partial charge in [-0.05, 0) is 66.9 Å². The lowest BCUT2D eigenvalue weighted by molar-refractivity contribution is -0.116. The average molecular weight is 481 g/mol. The van der Waals surface area contributed by atoms with Crippen LogP contribution in [-0.4, -0.2) is 24.6 Å². The summed E-state index contributed by atoms with van der Waals surface area (Å²) in [5, 5.41) is 6.39. The molecule has 0 bridgehead atoms. The monoisotopic (exact) mass is 480 g/mol. The molecule has 176 valence electrons. The van der Waals surface area contributed by atoms with Gasteiger partial charge >= 0.3 is 6.16 Å². The van der Waals surface area contributed by atoms with E-state index in [9.17, 15) is 14.4 Å². The summed E-state index contributed by atoms with van der Waals surface area (Å²) in [4.78, 5) is 36.4. The smallest absolute Gasteiger partial charge is 0.434 e. The Morgan fingerprint density at radius 3 is 2.44 bits per heavy atom. The number of para-hydroxylation sites is 1. The van der Waals surface area contributed by atoms with Crippen LogP contribution >= 0.6 is 11.6 Å². The maximum atomic E-state index is 12.5. The van der Waals surface area contributed by atoms with E-state index in [4.69, 9.17) is 21.1 Å². The van der Waals surface area contributed by atoms with Crippen LogP contribution in [0.15, 0.2) is 72.8 Å². The van der Waals surface area contributed by atoms with Crippen molar-refractivity contribution in [3.8, 4) is 5.75 Å². The predicted octanol–water partition coefficient (Wildman–Crippen LogP) is 5.38. The number of rotatable bonds is 9. The fraction of sp³-hybridized carbons (Fsp3) is 0.192. The molecule has 0 spiro atoms. The first-order valence-electron chi connectivity index (χ1n) is 10.8. The van der Waals surface area contributed by atoms with Crippen LogP contribution < -0.4 is 15.4 Å². The highest BCUT2D eigenvalue weighted by Gasteiger charge is 2.11. The minimum Gasteiger partial charge on any atom is -0.434 e. The molecule has 0 aliphatic carbocycles. The summed E-state index contributed by atoms with van der Waals surface area (Å²) in [6.07, 6.45) is 0.0773. The van der Waals surface area contributed by atoms with Gasteiger partial charge in [-0.1, -0.05) is 41.9 Å². The van der Waals surface area contributed by atoms with Gasteiger partial charge in [0.05, 0.1) is 6.61 Å². The maximum Gasteiger partial charge on any atom is 0.513 e. The van der Waals surface area contributed by atoms with Crippen molar-refractivity contribution < 1.29 is 23.9 Å². The number of benzene rings is 3. The molecular formula is C26H25ClN2O5. The van der Waals surface area contributed by atoms with Gasteiger partial charge in [0.25, 0.3) is 5.91 Å². The summed E-state index contributed by atoms with van der Waals surface area (Å²) < 4.78 is 9.70. The zero-order valence-corrected chi connectivity index (χ0v) is 19.4. The van der Waals surface area contributed by atoms with Gasteiger partial charge in [0, 0.05) is 29.2 Å². The van der Waals surface area contributed by atoms with Gasteiger partial charge < -0.3 is 20.1 Å². The maximum absolute atomic E-state index is 12.5. The number of anilines is 1. The van der Waals surface area contributed by atoms with Crippen molar-refractivity contribution in [2.45, 2.75) is 26.3 Å². The molecule has 0 aliphatic heterocycles. The average Bonchev–Trinajstić information content (AvgIpc) is 2.83. The summed E-state index contributed by atoms with van der Waals surface area (Å²) in [7, 11) is 0. The predicted molar refractivity (Wildman–Crippen MR) is 130 cm³/mol. The van der Waals surface area contributed by atoms with Crippen molar-refractivity contribution in [2.75, 3.05) is 11.9 Å². The molecule has 8 heteroatoms. The van der Waals surface area contributed by atoms with E-state index >= 15 is 0 Å². The number of aryl methyl sites for hydroxylation is 1. The number of halogens is 1. The lowest BCUT2D eigenvalue weighted by Gasteiger charge is -2.12. The molecule has 0 radical (unpaired) electrons. The first kappa shape index (κ1) is 24.8. The molecule has 0 unspecified atom stereocenters. The zero-order valence-electron chi connectivity index (χ0n) is 18.7. The minimum atomic E-state index is -0.800. The van der Waals surface area contributed by atoms with Crippen molar-refractivity contribution in [3.05, 3.63) is 94.5 Å². The Bertz CT molecular complexity index is 1150. The molecule has 0 fully saturated rings. The van der Waals surface area contributed by atoms with Gasteiger partial charge in [-0.25, -0.2) is 4.79 Å². The quantitative estimate of drug-likeness (QED) is 0.317. The third kappa shape index (κ3) is 7.64. The molecule has 3 aromatic carbocycles. The molecule has 0 aliphatic rings. The van der Waals surface area contributed by atoms with Crippen LogP contribution in [0.4, 0.5) is 10.5 Å². The van der Waals surface area contributed by atoms with Crippen LogP contribution in [0.3, 0.4) is 0 Å². The second-order valence-corrected chi connectivity index (χ2v) is 7.76. The molecule has 3 rings (SSSR count). The summed E-state index contributed by atoms with van der Waals surface area (Å²) in [5.41, 5.74) is 2.80. The molecule has 2 amide bonds. The Kier molecular flexibility index (Phi) is 9.05. The van der Waals surface area contributed by atoms with E-state index in [0.29, 0.717) is 29.1 Å². The number of ether oxygens (including phenoxy) is 2.